The fraction of sp³-hybridized carbons (Fsp3) is 0.643. The van der Waals surface area contributed by atoms with Crippen LogP contribution in [0, 0.1) is 0 Å². The van der Waals surface area contributed by atoms with Crippen molar-refractivity contribution in [3.05, 3.63) is 22.4 Å². The Morgan fingerprint density at radius 2 is 2.11 bits per heavy atom. The van der Waals surface area contributed by atoms with Gasteiger partial charge in [0.2, 0.25) is 0 Å². The Bertz CT molecular complexity index is 464. The second-order valence-corrected chi connectivity index (χ2v) is 6.44. The van der Waals surface area contributed by atoms with Gasteiger partial charge in [-0.05, 0) is 61.0 Å². The van der Waals surface area contributed by atoms with Gasteiger partial charge in [0.25, 0.3) is 5.91 Å². The molecule has 2 heterocycles. The molecular formula is C14H19BrN2O. The minimum absolute atomic E-state index is 0.208. The average molecular weight is 311 g/mol. The molecule has 0 spiro atoms. The second kappa shape index (κ2) is 4.72. The molecule has 1 aliphatic carbocycles. The molecule has 1 unspecified atom stereocenters. The van der Waals surface area contributed by atoms with E-state index in [9.17, 15) is 4.79 Å². The Morgan fingerprint density at radius 3 is 2.78 bits per heavy atom. The molecule has 1 amide bonds. The zero-order valence-electron chi connectivity index (χ0n) is 10.7. The summed E-state index contributed by atoms with van der Waals surface area (Å²) < 4.78 is 3.18. The maximum Gasteiger partial charge on any atom is 0.270 e. The molecule has 1 aromatic heterocycles. The van der Waals surface area contributed by atoms with Crippen LogP contribution >= 0.6 is 15.9 Å². The summed E-state index contributed by atoms with van der Waals surface area (Å²) in [5.74, 6) is 0.208. The molecule has 1 aromatic rings. The average Bonchev–Trinajstić information content (AvgIpc) is 3.12. The van der Waals surface area contributed by atoms with Crippen molar-refractivity contribution in [2.75, 3.05) is 6.54 Å². The van der Waals surface area contributed by atoms with E-state index in [4.69, 9.17) is 0 Å². The number of carbonyl (C=O) groups is 1. The van der Waals surface area contributed by atoms with Crippen LogP contribution in [0.4, 0.5) is 0 Å². The molecule has 0 bridgehead atoms. The second-order valence-electron chi connectivity index (χ2n) is 5.53. The zero-order chi connectivity index (χ0) is 12.7. The standard InChI is InChI=1S/C14H19BrN2O/c1-10-4-2-3-7-16(10)14(18)13-8-11(15)9-17(13)12-5-6-12/h8-10,12H,2-7H2,1H3. The molecule has 0 radical (unpaired) electrons. The molecular weight excluding hydrogens is 292 g/mol. The van der Waals surface area contributed by atoms with Gasteiger partial charge in [-0.2, -0.15) is 0 Å². The normalized spacial score (nSPS) is 24.3. The third-order valence-corrected chi connectivity index (χ3v) is 4.47. The highest BCUT2D eigenvalue weighted by Crippen LogP contribution is 2.38. The van der Waals surface area contributed by atoms with Crippen molar-refractivity contribution in [3.8, 4) is 0 Å². The number of halogens is 1. The number of hydrogen-bond donors (Lipinski definition) is 0. The number of amides is 1. The van der Waals surface area contributed by atoms with Crippen LogP contribution in [0.1, 0.15) is 55.6 Å². The topological polar surface area (TPSA) is 25.2 Å². The number of carbonyl (C=O) groups excluding carboxylic acids is 1. The Kier molecular flexibility index (Phi) is 3.22. The van der Waals surface area contributed by atoms with E-state index >= 15 is 0 Å². The van der Waals surface area contributed by atoms with Gasteiger partial charge in [0, 0.05) is 29.3 Å². The van der Waals surface area contributed by atoms with Crippen LogP contribution in [-0.2, 0) is 0 Å². The molecule has 1 saturated carbocycles. The number of rotatable bonds is 2. The van der Waals surface area contributed by atoms with E-state index in [-0.39, 0.29) is 5.91 Å². The smallest absolute Gasteiger partial charge is 0.270 e. The third-order valence-electron chi connectivity index (χ3n) is 4.04. The first-order chi connectivity index (χ1) is 8.66. The number of likely N-dealkylation sites (tertiary alicyclic amines) is 1. The lowest BCUT2D eigenvalue weighted by molar-refractivity contribution is 0.0624. The summed E-state index contributed by atoms with van der Waals surface area (Å²) in [6.45, 7) is 3.07. The van der Waals surface area contributed by atoms with E-state index in [2.05, 4.69) is 33.6 Å². The minimum atomic E-state index is 0.208. The number of piperidine rings is 1. The Morgan fingerprint density at radius 1 is 1.33 bits per heavy atom. The quantitative estimate of drug-likeness (QED) is 0.819. The maximum absolute atomic E-state index is 12.7. The number of nitrogens with zero attached hydrogens (tertiary/aromatic N) is 2. The summed E-state index contributed by atoms with van der Waals surface area (Å²) in [6.07, 6.45) is 7.99. The van der Waals surface area contributed by atoms with Crippen molar-refractivity contribution in [2.24, 2.45) is 0 Å². The first-order valence-electron chi connectivity index (χ1n) is 6.85. The lowest BCUT2D eigenvalue weighted by Gasteiger charge is -2.33. The van der Waals surface area contributed by atoms with Crippen LogP contribution in [0.5, 0.6) is 0 Å². The van der Waals surface area contributed by atoms with E-state index in [0.29, 0.717) is 12.1 Å². The van der Waals surface area contributed by atoms with Gasteiger partial charge in [-0.25, -0.2) is 0 Å². The minimum Gasteiger partial charge on any atom is -0.339 e. The van der Waals surface area contributed by atoms with Crippen molar-refractivity contribution >= 4 is 21.8 Å². The predicted octanol–water partition coefficient (Wildman–Crippen LogP) is 3.60. The van der Waals surface area contributed by atoms with Gasteiger partial charge in [-0.15, -0.1) is 0 Å². The lowest BCUT2D eigenvalue weighted by Crippen LogP contribution is -2.42. The summed E-state index contributed by atoms with van der Waals surface area (Å²) in [5.41, 5.74) is 0.859. The van der Waals surface area contributed by atoms with Crippen molar-refractivity contribution in [2.45, 2.75) is 51.1 Å². The van der Waals surface area contributed by atoms with Gasteiger partial charge in [0.15, 0.2) is 0 Å². The molecule has 1 aliphatic heterocycles. The summed E-state index contributed by atoms with van der Waals surface area (Å²) in [4.78, 5) is 14.7. The van der Waals surface area contributed by atoms with E-state index in [1.165, 1.54) is 19.3 Å². The zero-order valence-corrected chi connectivity index (χ0v) is 12.3. The van der Waals surface area contributed by atoms with Crippen molar-refractivity contribution in [1.82, 2.24) is 9.47 Å². The number of aromatic nitrogens is 1. The highest BCUT2D eigenvalue weighted by molar-refractivity contribution is 9.10. The third kappa shape index (κ3) is 2.22. The summed E-state index contributed by atoms with van der Waals surface area (Å²) in [5, 5.41) is 0. The van der Waals surface area contributed by atoms with E-state index in [0.717, 1.165) is 29.6 Å². The van der Waals surface area contributed by atoms with Crippen molar-refractivity contribution in [1.29, 1.82) is 0 Å². The molecule has 3 nitrogen and oxygen atoms in total. The van der Waals surface area contributed by atoms with Gasteiger partial charge in [0.1, 0.15) is 5.69 Å². The number of hydrogen-bond acceptors (Lipinski definition) is 1. The first-order valence-corrected chi connectivity index (χ1v) is 7.64. The van der Waals surface area contributed by atoms with Crippen LogP contribution in [0.2, 0.25) is 0 Å². The van der Waals surface area contributed by atoms with Crippen LogP contribution in [0.25, 0.3) is 0 Å². The van der Waals surface area contributed by atoms with Crippen molar-refractivity contribution < 1.29 is 4.79 Å². The molecule has 0 aromatic carbocycles. The van der Waals surface area contributed by atoms with Gasteiger partial charge in [0.05, 0.1) is 0 Å². The molecule has 0 N–H and O–H groups in total. The Hall–Kier alpha value is -0.770. The molecule has 2 aliphatic rings. The fourth-order valence-electron chi connectivity index (χ4n) is 2.82. The predicted molar refractivity (Wildman–Crippen MR) is 74.8 cm³/mol. The fourth-order valence-corrected chi connectivity index (χ4v) is 3.26. The Labute approximate surface area is 116 Å². The highest BCUT2D eigenvalue weighted by Gasteiger charge is 2.31. The monoisotopic (exact) mass is 310 g/mol. The SMILES string of the molecule is CC1CCCCN1C(=O)c1cc(Br)cn1C1CC1. The van der Waals surface area contributed by atoms with Gasteiger partial charge in [-0.1, -0.05) is 0 Å². The van der Waals surface area contributed by atoms with Gasteiger partial charge < -0.3 is 9.47 Å². The molecule has 1 saturated heterocycles. The highest BCUT2D eigenvalue weighted by atomic mass is 79.9. The van der Waals surface area contributed by atoms with Crippen LogP contribution in [0.3, 0.4) is 0 Å². The van der Waals surface area contributed by atoms with E-state index < -0.39 is 0 Å². The molecule has 4 heteroatoms. The first kappa shape index (κ1) is 12.3. The lowest BCUT2D eigenvalue weighted by atomic mass is 10.0. The van der Waals surface area contributed by atoms with Gasteiger partial charge in [-0.3, -0.25) is 4.79 Å². The maximum atomic E-state index is 12.7. The van der Waals surface area contributed by atoms with E-state index in [1.807, 2.05) is 11.0 Å². The van der Waals surface area contributed by atoms with Crippen LogP contribution < -0.4 is 0 Å². The molecule has 2 fully saturated rings. The summed E-state index contributed by atoms with van der Waals surface area (Å²) in [6, 6.07) is 2.91. The molecule has 18 heavy (non-hydrogen) atoms. The van der Waals surface area contributed by atoms with Crippen LogP contribution in [0.15, 0.2) is 16.7 Å². The van der Waals surface area contributed by atoms with Crippen molar-refractivity contribution in [3.63, 3.8) is 0 Å². The molecule has 1 atom stereocenters. The van der Waals surface area contributed by atoms with Crippen LogP contribution in [-0.4, -0.2) is 28.0 Å². The summed E-state index contributed by atoms with van der Waals surface area (Å²) >= 11 is 3.49. The largest absolute Gasteiger partial charge is 0.339 e. The Balaban J connectivity index is 1.86. The summed E-state index contributed by atoms with van der Waals surface area (Å²) in [7, 11) is 0. The van der Waals surface area contributed by atoms with E-state index in [1.54, 1.807) is 0 Å². The van der Waals surface area contributed by atoms with Gasteiger partial charge >= 0.3 is 0 Å². The molecule has 3 rings (SSSR count). The molecule has 98 valence electrons.